The number of aromatic nitrogens is 3. The van der Waals surface area contributed by atoms with Gasteiger partial charge in [0.05, 0.1) is 19.0 Å². The van der Waals surface area contributed by atoms with Crippen molar-refractivity contribution < 1.29 is 22.5 Å². The Morgan fingerprint density at radius 3 is 2.76 bits per heavy atom. The van der Waals surface area contributed by atoms with E-state index in [-0.39, 0.29) is 28.6 Å². The minimum Gasteiger partial charge on any atom is -0.468 e. The fraction of sp³-hybridized carbons (Fsp3) is 0.364. The summed E-state index contributed by atoms with van der Waals surface area (Å²) in [6.45, 7) is 2.94. The third-order valence-corrected chi connectivity index (χ3v) is 4.27. The van der Waals surface area contributed by atoms with E-state index in [1.54, 1.807) is 0 Å². The van der Waals surface area contributed by atoms with Crippen molar-refractivity contribution in [3.05, 3.63) is 23.8 Å². The second-order valence-corrected chi connectivity index (χ2v) is 5.88. The molecule has 2 rings (SSSR count). The van der Waals surface area contributed by atoms with Crippen molar-refractivity contribution in [3.8, 4) is 0 Å². The number of carbonyl (C=O) groups excluding carboxylic acids is 1. The van der Waals surface area contributed by atoms with Gasteiger partial charge < -0.3 is 9.26 Å². The number of aryl methyl sites for hydroxylation is 2. The zero-order chi connectivity index (χ0) is 15.6. The lowest BCUT2D eigenvalue weighted by atomic mass is 10.4. The van der Waals surface area contributed by atoms with Gasteiger partial charge in [-0.25, -0.2) is 8.42 Å². The predicted molar refractivity (Wildman–Crippen MR) is 71.0 cm³/mol. The average molecular weight is 314 g/mol. The molecule has 0 saturated carbocycles. The molecule has 0 aliphatic rings. The van der Waals surface area contributed by atoms with Crippen LogP contribution in [-0.4, -0.2) is 36.4 Å². The van der Waals surface area contributed by atoms with Gasteiger partial charge >= 0.3 is 5.97 Å². The Kier molecular flexibility index (Phi) is 3.98. The first-order valence-corrected chi connectivity index (χ1v) is 7.37. The van der Waals surface area contributed by atoms with Crippen LogP contribution < -0.4 is 4.72 Å². The molecule has 0 atom stereocenters. The molecule has 0 saturated heterocycles. The maximum Gasteiger partial charge on any atom is 0.327 e. The lowest BCUT2D eigenvalue weighted by Crippen LogP contribution is -2.14. The normalized spacial score (nSPS) is 11.4. The third-order valence-electron chi connectivity index (χ3n) is 2.64. The highest BCUT2D eigenvalue weighted by Crippen LogP contribution is 2.21. The summed E-state index contributed by atoms with van der Waals surface area (Å²) in [7, 11) is -2.57. The van der Waals surface area contributed by atoms with Crippen molar-refractivity contribution in [2.45, 2.75) is 25.3 Å². The Bertz CT molecular complexity index is 742. The number of esters is 1. The zero-order valence-corrected chi connectivity index (χ0v) is 12.5. The monoisotopic (exact) mass is 314 g/mol. The lowest BCUT2D eigenvalue weighted by Gasteiger charge is -2.04. The van der Waals surface area contributed by atoms with E-state index in [1.807, 2.05) is 0 Å². The number of hydrogen-bond donors (Lipinski definition) is 1. The van der Waals surface area contributed by atoms with Crippen molar-refractivity contribution >= 4 is 21.7 Å². The standard InChI is InChI=1S/C11H14N4O5S/c1-7-11(8(2)20-13-7)21(17,18)14-9-4-12-15(5-9)6-10(16)19-3/h4-5,14H,6H2,1-3H3. The molecule has 0 aliphatic heterocycles. The Morgan fingerprint density at radius 2 is 2.19 bits per heavy atom. The summed E-state index contributed by atoms with van der Waals surface area (Å²) in [5.41, 5.74) is 0.487. The SMILES string of the molecule is COC(=O)Cn1cc(NS(=O)(=O)c2c(C)noc2C)cn1. The lowest BCUT2D eigenvalue weighted by molar-refractivity contribution is -0.141. The third kappa shape index (κ3) is 3.21. The second kappa shape index (κ2) is 5.56. The van der Waals surface area contributed by atoms with Gasteiger partial charge in [0.15, 0.2) is 10.7 Å². The van der Waals surface area contributed by atoms with Crippen LogP contribution in [0.3, 0.4) is 0 Å². The molecule has 0 amide bonds. The molecule has 2 aromatic rings. The number of anilines is 1. The molecule has 0 spiro atoms. The van der Waals surface area contributed by atoms with Crippen LogP contribution in [0.15, 0.2) is 21.8 Å². The van der Waals surface area contributed by atoms with E-state index in [4.69, 9.17) is 4.52 Å². The molecule has 0 bridgehead atoms. The fourth-order valence-electron chi connectivity index (χ4n) is 1.76. The number of hydrogen-bond acceptors (Lipinski definition) is 7. The number of rotatable bonds is 5. The van der Waals surface area contributed by atoms with Gasteiger partial charge in [-0.2, -0.15) is 5.10 Å². The van der Waals surface area contributed by atoms with Crippen LogP contribution in [0.1, 0.15) is 11.5 Å². The smallest absolute Gasteiger partial charge is 0.327 e. The van der Waals surface area contributed by atoms with Gasteiger partial charge in [0, 0.05) is 6.20 Å². The van der Waals surface area contributed by atoms with E-state index in [9.17, 15) is 13.2 Å². The van der Waals surface area contributed by atoms with E-state index >= 15 is 0 Å². The largest absolute Gasteiger partial charge is 0.468 e. The van der Waals surface area contributed by atoms with Gasteiger partial charge in [-0.3, -0.25) is 14.2 Å². The molecular formula is C11H14N4O5S. The first kappa shape index (κ1) is 15.0. The molecule has 0 fully saturated rings. The number of sulfonamides is 1. The Balaban J connectivity index is 2.20. The molecule has 0 radical (unpaired) electrons. The topological polar surface area (TPSA) is 116 Å². The van der Waals surface area contributed by atoms with Crippen molar-refractivity contribution in [1.82, 2.24) is 14.9 Å². The number of methoxy groups -OCH3 is 1. The molecule has 2 heterocycles. The summed E-state index contributed by atoms with van der Waals surface area (Å²) in [6, 6.07) is 0. The van der Waals surface area contributed by atoms with Crippen LogP contribution in [0.5, 0.6) is 0 Å². The highest BCUT2D eigenvalue weighted by atomic mass is 32.2. The minimum absolute atomic E-state index is 0.0109. The maximum atomic E-state index is 12.3. The van der Waals surface area contributed by atoms with Crippen LogP contribution in [-0.2, 0) is 26.1 Å². The fourth-order valence-corrected chi connectivity index (χ4v) is 3.12. The van der Waals surface area contributed by atoms with Gasteiger partial charge in [0.25, 0.3) is 10.0 Å². The molecule has 10 heteroatoms. The molecule has 1 N–H and O–H groups in total. The number of ether oxygens (including phenoxy) is 1. The van der Waals surface area contributed by atoms with Crippen LogP contribution >= 0.6 is 0 Å². The molecule has 0 aromatic carbocycles. The molecule has 2 aromatic heterocycles. The predicted octanol–water partition coefficient (Wildman–Crippen LogP) is 0.462. The van der Waals surface area contributed by atoms with Gasteiger partial charge in [0.1, 0.15) is 12.2 Å². The summed E-state index contributed by atoms with van der Waals surface area (Å²) in [4.78, 5) is 11.1. The summed E-state index contributed by atoms with van der Waals surface area (Å²) in [5.74, 6) is -0.291. The number of carbonyl (C=O) groups is 1. The van der Waals surface area contributed by atoms with Gasteiger partial charge in [-0.15, -0.1) is 0 Å². The van der Waals surface area contributed by atoms with E-state index in [2.05, 4.69) is 19.7 Å². The number of nitrogens with one attached hydrogen (secondary N) is 1. The summed E-state index contributed by atoms with van der Waals surface area (Å²) >= 11 is 0. The van der Waals surface area contributed by atoms with Crippen molar-refractivity contribution in [2.75, 3.05) is 11.8 Å². The molecule has 0 aliphatic carbocycles. The van der Waals surface area contributed by atoms with Crippen LogP contribution in [0, 0.1) is 13.8 Å². The van der Waals surface area contributed by atoms with E-state index in [0.29, 0.717) is 0 Å². The maximum absolute atomic E-state index is 12.3. The Labute approximate surface area is 120 Å². The Morgan fingerprint density at radius 1 is 1.48 bits per heavy atom. The zero-order valence-electron chi connectivity index (χ0n) is 11.7. The molecule has 0 unspecified atom stereocenters. The second-order valence-electron chi connectivity index (χ2n) is 4.26. The quantitative estimate of drug-likeness (QED) is 0.797. The first-order valence-electron chi connectivity index (χ1n) is 5.88. The Hall–Kier alpha value is -2.36. The van der Waals surface area contributed by atoms with Crippen LogP contribution in [0.25, 0.3) is 0 Å². The van der Waals surface area contributed by atoms with E-state index in [1.165, 1.54) is 38.0 Å². The molecule has 21 heavy (non-hydrogen) atoms. The molecule has 9 nitrogen and oxygen atoms in total. The highest BCUT2D eigenvalue weighted by Gasteiger charge is 2.24. The van der Waals surface area contributed by atoms with Crippen molar-refractivity contribution in [3.63, 3.8) is 0 Å². The van der Waals surface area contributed by atoms with E-state index in [0.717, 1.165) is 0 Å². The minimum atomic E-state index is -3.83. The molecular weight excluding hydrogens is 300 g/mol. The van der Waals surface area contributed by atoms with Crippen molar-refractivity contribution in [2.24, 2.45) is 0 Å². The van der Waals surface area contributed by atoms with Crippen LogP contribution in [0.2, 0.25) is 0 Å². The van der Waals surface area contributed by atoms with Crippen LogP contribution in [0.4, 0.5) is 5.69 Å². The van der Waals surface area contributed by atoms with Gasteiger partial charge in [-0.1, -0.05) is 5.16 Å². The molecule has 114 valence electrons. The first-order chi connectivity index (χ1) is 9.83. The highest BCUT2D eigenvalue weighted by molar-refractivity contribution is 7.92. The van der Waals surface area contributed by atoms with Crippen molar-refractivity contribution in [1.29, 1.82) is 0 Å². The summed E-state index contributed by atoms with van der Waals surface area (Å²) in [5, 5.41) is 7.47. The van der Waals surface area contributed by atoms with Gasteiger partial charge in [0.2, 0.25) is 0 Å². The summed E-state index contributed by atoms with van der Waals surface area (Å²) < 4.78 is 37.5. The summed E-state index contributed by atoms with van der Waals surface area (Å²) in [6.07, 6.45) is 2.67. The van der Waals surface area contributed by atoms with E-state index < -0.39 is 16.0 Å². The van der Waals surface area contributed by atoms with Gasteiger partial charge in [-0.05, 0) is 13.8 Å². The average Bonchev–Trinajstić information content (AvgIpc) is 2.96. The number of nitrogens with zero attached hydrogens (tertiary/aromatic N) is 3.